The van der Waals surface area contributed by atoms with Crippen LogP contribution in [-0.4, -0.2) is 37.4 Å². The zero-order valence-corrected chi connectivity index (χ0v) is 24.2. The third kappa shape index (κ3) is 9.07. The molecule has 2 rings (SSSR count). The van der Waals surface area contributed by atoms with Gasteiger partial charge in [0.25, 0.3) is 0 Å². The second-order valence-electron chi connectivity index (χ2n) is 9.80. The van der Waals surface area contributed by atoms with Crippen molar-refractivity contribution < 1.29 is 19.5 Å². The Morgan fingerprint density at radius 2 is 1.92 bits per heavy atom. The van der Waals surface area contributed by atoms with E-state index in [9.17, 15) is 19.5 Å². The molecule has 1 amide bonds. The number of halogens is 1. The first-order chi connectivity index (χ1) is 17.0. The number of carboxylic acids is 1. The maximum atomic E-state index is 13.1. The number of aryl methyl sites for hydroxylation is 1. The fraction of sp³-hybridized carbons (Fsp3) is 0.556. The molecule has 0 aliphatic carbocycles. The van der Waals surface area contributed by atoms with Crippen molar-refractivity contribution >= 4 is 44.7 Å². The largest absolute Gasteiger partial charge is 0.478 e. The van der Waals surface area contributed by atoms with Gasteiger partial charge in [0.05, 0.1) is 24.0 Å². The SMILES string of the molecule is CCCCc1ncc(CNC(=O)C(CSC(=O)C(C)C)CC(C)C)n1Cc1ccc(C(=O)O)c(Br)c1. The summed E-state index contributed by atoms with van der Waals surface area (Å²) in [6.45, 7) is 10.9. The van der Waals surface area contributed by atoms with Crippen molar-refractivity contribution in [2.45, 2.75) is 73.4 Å². The van der Waals surface area contributed by atoms with Crippen LogP contribution in [0.4, 0.5) is 0 Å². The molecule has 9 heteroatoms. The molecule has 0 spiro atoms. The summed E-state index contributed by atoms with van der Waals surface area (Å²) in [5.41, 5.74) is 2.05. The maximum Gasteiger partial charge on any atom is 0.336 e. The highest BCUT2D eigenvalue weighted by Crippen LogP contribution is 2.22. The molecule has 7 nitrogen and oxygen atoms in total. The molecule has 198 valence electrons. The topological polar surface area (TPSA) is 101 Å². The molecule has 0 bridgehead atoms. The van der Waals surface area contributed by atoms with Gasteiger partial charge in [-0.25, -0.2) is 9.78 Å². The van der Waals surface area contributed by atoms with Gasteiger partial charge in [-0.15, -0.1) is 0 Å². The number of imidazole rings is 1. The van der Waals surface area contributed by atoms with Crippen LogP contribution in [0.3, 0.4) is 0 Å². The van der Waals surface area contributed by atoms with E-state index in [1.807, 2.05) is 26.0 Å². The molecule has 0 saturated carbocycles. The molecule has 0 aliphatic rings. The summed E-state index contributed by atoms with van der Waals surface area (Å²) in [6, 6.07) is 5.22. The van der Waals surface area contributed by atoms with Crippen LogP contribution in [0, 0.1) is 17.8 Å². The van der Waals surface area contributed by atoms with Gasteiger partial charge >= 0.3 is 5.97 Å². The molecule has 1 unspecified atom stereocenters. The van der Waals surface area contributed by atoms with Crippen molar-refractivity contribution in [1.82, 2.24) is 14.9 Å². The second-order valence-corrected chi connectivity index (χ2v) is 11.7. The smallest absolute Gasteiger partial charge is 0.336 e. The van der Waals surface area contributed by atoms with Crippen molar-refractivity contribution in [3.8, 4) is 0 Å². The van der Waals surface area contributed by atoms with E-state index in [4.69, 9.17) is 0 Å². The molecule has 2 N–H and O–H groups in total. The number of carbonyl (C=O) groups is 3. The highest BCUT2D eigenvalue weighted by atomic mass is 79.9. The molecule has 0 saturated heterocycles. The highest BCUT2D eigenvalue weighted by Gasteiger charge is 2.23. The third-order valence-corrected chi connectivity index (χ3v) is 7.83. The van der Waals surface area contributed by atoms with Gasteiger partial charge in [0.2, 0.25) is 5.91 Å². The van der Waals surface area contributed by atoms with E-state index in [2.05, 4.69) is 51.6 Å². The Bertz CT molecular complexity index is 1050. The van der Waals surface area contributed by atoms with Gasteiger partial charge in [-0.3, -0.25) is 9.59 Å². The Labute approximate surface area is 227 Å². The van der Waals surface area contributed by atoms with E-state index in [0.717, 1.165) is 42.8 Å². The quantitative estimate of drug-likeness (QED) is 0.287. The lowest BCUT2D eigenvalue weighted by Crippen LogP contribution is -2.33. The normalized spacial score (nSPS) is 12.2. The van der Waals surface area contributed by atoms with E-state index < -0.39 is 5.97 Å². The van der Waals surface area contributed by atoms with Crippen molar-refractivity contribution in [2.75, 3.05) is 5.75 Å². The Kier molecular flexibility index (Phi) is 12.2. The Balaban J connectivity index is 2.19. The van der Waals surface area contributed by atoms with Gasteiger partial charge in [0.1, 0.15) is 5.82 Å². The number of aromatic carboxylic acids is 1. The van der Waals surface area contributed by atoms with Crippen LogP contribution in [0.5, 0.6) is 0 Å². The zero-order chi connectivity index (χ0) is 26.8. The molecule has 0 aliphatic heterocycles. The van der Waals surface area contributed by atoms with E-state index in [-0.39, 0.29) is 28.4 Å². The molecule has 36 heavy (non-hydrogen) atoms. The third-order valence-electron chi connectivity index (χ3n) is 5.85. The number of hydrogen-bond acceptors (Lipinski definition) is 5. The molecule has 0 radical (unpaired) electrons. The average Bonchev–Trinajstić information content (AvgIpc) is 3.19. The summed E-state index contributed by atoms with van der Waals surface area (Å²) < 4.78 is 2.63. The van der Waals surface area contributed by atoms with Crippen molar-refractivity contribution in [1.29, 1.82) is 0 Å². The first-order valence-corrected chi connectivity index (χ1v) is 14.3. The molecule has 1 heterocycles. The number of rotatable bonds is 14. The van der Waals surface area contributed by atoms with Crippen molar-refractivity contribution in [2.24, 2.45) is 17.8 Å². The number of nitrogens with zero attached hydrogens (tertiary/aromatic N) is 2. The monoisotopic (exact) mass is 579 g/mol. The fourth-order valence-electron chi connectivity index (χ4n) is 3.83. The molecular weight excluding hydrogens is 542 g/mol. The minimum absolute atomic E-state index is 0.0517. The molecule has 0 fully saturated rings. The lowest BCUT2D eigenvalue weighted by atomic mass is 9.98. The van der Waals surface area contributed by atoms with E-state index >= 15 is 0 Å². The summed E-state index contributed by atoms with van der Waals surface area (Å²) in [5.74, 6) is 0.430. The van der Waals surface area contributed by atoms with Crippen LogP contribution >= 0.6 is 27.7 Å². The minimum Gasteiger partial charge on any atom is -0.478 e. The Morgan fingerprint density at radius 1 is 1.19 bits per heavy atom. The van der Waals surface area contributed by atoms with E-state index in [1.54, 1.807) is 12.3 Å². The Hall–Kier alpha value is -2.13. The molecule has 1 aromatic carbocycles. The molecule has 1 atom stereocenters. The van der Waals surface area contributed by atoms with Crippen molar-refractivity contribution in [3.05, 3.63) is 51.5 Å². The fourth-order valence-corrected chi connectivity index (χ4v) is 5.41. The van der Waals surface area contributed by atoms with Crippen LogP contribution in [-0.2, 0) is 29.1 Å². The number of aromatic nitrogens is 2. The number of carbonyl (C=O) groups excluding carboxylic acids is 2. The van der Waals surface area contributed by atoms with Crippen molar-refractivity contribution in [3.63, 3.8) is 0 Å². The summed E-state index contributed by atoms with van der Waals surface area (Å²) >= 11 is 4.60. The number of benzene rings is 1. The predicted molar refractivity (Wildman–Crippen MR) is 148 cm³/mol. The highest BCUT2D eigenvalue weighted by molar-refractivity contribution is 9.10. The Morgan fingerprint density at radius 3 is 2.50 bits per heavy atom. The number of carboxylic acid groups (broad SMARTS) is 1. The van der Waals surface area contributed by atoms with Crippen LogP contribution in [0.2, 0.25) is 0 Å². The first kappa shape index (κ1) is 30.1. The van der Waals surface area contributed by atoms with Crippen LogP contribution in [0.15, 0.2) is 28.9 Å². The number of amides is 1. The average molecular weight is 581 g/mol. The lowest BCUT2D eigenvalue weighted by Gasteiger charge is -2.19. The van der Waals surface area contributed by atoms with Crippen LogP contribution < -0.4 is 5.32 Å². The zero-order valence-electron chi connectivity index (χ0n) is 21.8. The minimum atomic E-state index is -0.979. The van der Waals surface area contributed by atoms with Gasteiger partial charge < -0.3 is 15.0 Å². The first-order valence-electron chi connectivity index (χ1n) is 12.5. The molecule has 1 aromatic heterocycles. The van der Waals surface area contributed by atoms with Crippen LogP contribution in [0.25, 0.3) is 0 Å². The standard InChI is InChI=1S/C27H38BrN3O4S/c1-6-7-8-24-29-13-21(31(24)15-19-9-10-22(26(33)34)23(28)12-19)14-30-25(32)20(11-17(2)3)16-36-27(35)18(4)5/h9-10,12-13,17-18,20H,6-8,11,14-16H2,1-5H3,(H,30,32)(H,33,34). The lowest BCUT2D eigenvalue weighted by molar-refractivity contribution is -0.125. The van der Waals surface area contributed by atoms with Crippen LogP contribution in [0.1, 0.15) is 81.3 Å². The predicted octanol–water partition coefficient (Wildman–Crippen LogP) is 5.93. The summed E-state index contributed by atoms with van der Waals surface area (Å²) in [7, 11) is 0. The van der Waals surface area contributed by atoms with E-state index in [1.165, 1.54) is 11.8 Å². The van der Waals surface area contributed by atoms with Gasteiger partial charge in [0, 0.05) is 35.0 Å². The van der Waals surface area contributed by atoms with Gasteiger partial charge in [-0.1, -0.05) is 58.9 Å². The summed E-state index contributed by atoms with van der Waals surface area (Å²) in [6.07, 6.45) is 5.39. The number of thioether (sulfide) groups is 1. The number of unbranched alkanes of at least 4 members (excludes halogenated alkanes) is 1. The number of hydrogen-bond donors (Lipinski definition) is 2. The van der Waals surface area contributed by atoms with E-state index in [0.29, 0.717) is 29.2 Å². The van der Waals surface area contributed by atoms with Gasteiger partial charge in [-0.05, 0) is 52.4 Å². The van der Waals surface area contributed by atoms with Gasteiger partial charge in [0.15, 0.2) is 5.12 Å². The molecule has 2 aromatic rings. The maximum absolute atomic E-state index is 13.1. The summed E-state index contributed by atoms with van der Waals surface area (Å²) in [5, 5.41) is 12.5. The second kappa shape index (κ2) is 14.6. The van der Waals surface area contributed by atoms with Gasteiger partial charge in [-0.2, -0.15) is 0 Å². The number of nitrogens with one attached hydrogen (secondary N) is 1. The summed E-state index contributed by atoms with van der Waals surface area (Å²) in [4.78, 5) is 41.2. The molecular formula is C27H38BrN3O4S.